The van der Waals surface area contributed by atoms with Gasteiger partial charge in [0.25, 0.3) is 0 Å². The molecule has 1 aliphatic rings. The number of rotatable bonds is 3. The number of hydrogen-bond acceptors (Lipinski definition) is 2. The Morgan fingerprint density at radius 1 is 1.29 bits per heavy atom. The average molecular weight is 330 g/mol. The van der Waals surface area contributed by atoms with Crippen LogP contribution in [0.15, 0.2) is 4.47 Å². The average Bonchev–Trinajstić information content (AvgIpc) is 3.02. The highest BCUT2D eigenvalue weighted by Gasteiger charge is 2.31. The normalized spacial score (nSPS) is 16.3. The fraction of sp³-hybridized carbons (Fsp3) is 0.600. The van der Waals surface area contributed by atoms with Crippen molar-refractivity contribution in [2.75, 3.05) is 0 Å². The lowest BCUT2D eigenvalue weighted by Crippen LogP contribution is -2.11. The maximum absolute atomic E-state index is 12.1. The van der Waals surface area contributed by atoms with Gasteiger partial charge in [-0.2, -0.15) is 13.2 Å². The van der Waals surface area contributed by atoms with Crippen molar-refractivity contribution >= 4 is 27.5 Å². The van der Waals surface area contributed by atoms with E-state index in [9.17, 15) is 13.2 Å². The van der Waals surface area contributed by atoms with Crippen molar-refractivity contribution in [3.8, 4) is 0 Å². The number of aryl methyl sites for hydroxylation is 1. The van der Waals surface area contributed by atoms with Crippen molar-refractivity contribution < 1.29 is 13.2 Å². The van der Waals surface area contributed by atoms with Crippen LogP contribution in [0.5, 0.6) is 0 Å². The van der Waals surface area contributed by atoms with Gasteiger partial charge in [0.2, 0.25) is 0 Å². The zero-order chi connectivity index (χ0) is 12.6. The van der Waals surface area contributed by atoms with E-state index in [0.717, 1.165) is 18.5 Å². The molecule has 7 heteroatoms. The third kappa shape index (κ3) is 3.55. The summed E-state index contributed by atoms with van der Waals surface area (Å²) in [5, 5.41) is 0.194. The van der Waals surface area contributed by atoms with Crippen LogP contribution in [0.25, 0.3) is 0 Å². The molecule has 0 amide bonds. The van der Waals surface area contributed by atoms with Gasteiger partial charge >= 0.3 is 6.18 Å². The minimum absolute atomic E-state index is 0.164. The van der Waals surface area contributed by atoms with Gasteiger partial charge in [-0.1, -0.05) is 11.6 Å². The van der Waals surface area contributed by atoms with E-state index in [1.54, 1.807) is 0 Å². The van der Waals surface area contributed by atoms with Crippen LogP contribution in [0.1, 0.15) is 36.7 Å². The first-order valence-corrected chi connectivity index (χ1v) is 6.32. The number of hydrogen-bond donors (Lipinski definition) is 0. The summed E-state index contributed by atoms with van der Waals surface area (Å²) in [6, 6.07) is 0. The maximum atomic E-state index is 12.1. The van der Waals surface area contributed by atoms with Gasteiger partial charge in [-0.25, -0.2) is 9.97 Å². The second kappa shape index (κ2) is 4.72. The van der Waals surface area contributed by atoms with Gasteiger partial charge in [-0.15, -0.1) is 0 Å². The molecule has 1 aliphatic carbocycles. The highest BCUT2D eigenvalue weighted by atomic mass is 79.9. The van der Waals surface area contributed by atoms with Gasteiger partial charge in [0.15, 0.2) is 0 Å². The van der Waals surface area contributed by atoms with Gasteiger partial charge in [-0.05, 0) is 28.8 Å². The van der Waals surface area contributed by atoms with Crippen molar-refractivity contribution in [1.82, 2.24) is 9.97 Å². The fourth-order valence-electron chi connectivity index (χ4n) is 1.47. The number of nitrogens with zero attached hydrogens (tertiary/aromatic N) is 2. The predicted molar refractivity (Wildman–Crippen MR) is 61.1 cm³/mol. The van der Waals surface area contributed by atoms with E-state index in [-0.39, 0.29) is 17.4 Å². The first-order valence-electron chi connectivity index (χ1n) is 5.15. The summed E-state index contributed by atoms with van der Waals surface area (Å²) in [5.74, 6) is 0.479. The van der Waals surface area contributed by atoms with Crippen LogP contribution in [0.3, 0.4) is 0 Å². The van der Waals surface area contributed by atoms with Crippen molar-refractivity contribution in [1.29, 1.82) is 0 Å². The van der Waals surface area contributed by atoms with Crippen LogP contribution in [-0.2, 0) is 6.42 Å². The van der Waals surface area contributed by atoms with Crippen LogP contribution >= 0.6 is 27.5 Å². The summed E-state index contributed by atoms with van der Waals surface area (Å²) >= 11 is 9.13. The number of aromatic nitrogens is 2. The molecule has 2 rings (SSSR count). The summed E-state index contributed by atoms with van der Waals surface area (Å²) < 4.78 is 36.9. The zero-order valence-electron chi connectivity index (χ0n) is 8.69. The highest BCUT2D eigenvalue weighted by Crippen LogP contribution is 2.43. The Morgan fingerprint density at radius 2 is 1.94 bits per heavy atom. The summed E-state index contributed by atoms with van der Waals surface area (Å²) in [5.41, 5.74) is 0.738. The molecular formula is C10H9BrClF3N2. The van der Waals surface area contributed by atoms with Gasteiger partial charge in [0.05, 0.1) is 16.6 Å². The lowest BCUT2D eigenvalue weighted by Gasteiger charge is -2.08. The van der Waals surface area contributed by atoms with Gasteiger partial charge in [-0.3, -0.25) is 0 Å². The fourth-order valence-corrected chi connectivity index (χ4v) is 2.17. The quantitative estimate of drug-likeness (QED) is 0.774. The van der Waals surface area contributed by atoms with E-state index in [4.69, 9.17) is 11.6 Å². The summed E-state index contributed by atoms with van der Waals surface area (Å²) in [6.45, 7) is 0. The Hall–Kier alpha value is -0.360. The van der Waals surface area contributed by atoms with Crippen molar-refractivity contribution in [2.24, 2.45) is 0 Å². The lowest BCUT2D eigenvalue weighted by atomic mass is 10.2. The molecule has 1 aromatic rings. The van der Waals surface area contributed by atoms with Crippen LogP contribution in [0, 0.1) is 0 Å². The molecule has 0 atom stereocenters. The Kier molecular flexibility index (Phi) is 3.63. The van der Waals surface area contributed by atoms with Gasteiger partial charge < -0.3 is 0 Å². The standard InChI is InChI=1S/C10H9BrClF3N2/c11-7-8(5-1-2-5)16-6(17-9(7)12)3-4-10(13,14)15/h5H,1-4H2. The highest BCUT2D eigenvalue weighted by molar-refractivity contribution is 9.10. The van der Waals surface area contributed by atoms with Crippen molar-refractivity contribution in [3.05, 3.63) is 21.1 Å². The van der Waals surface area contributed by atoms with E-state index < -0.39 is 12.6 Å². The molecule has 94 valence electrons. The smallest absolute Gasteiger partial charge is 0.236 e. The molecule has 17 heavy (non-hydrogen) atoms. The van der Waals surface area contributed by atoms with Crippen LogP contribution in [0.2, 0.25) is 5.15 Å². The topological polar surface area (TPSA) is 25.8 Å². The molecule has 0 N–H and O–H groups in total. The molecule has 1 aromatic heterocycles. The molecule has 2 nitrogen and oxygen atoms in total. The maximum Gasteiger partial charge on any atom is 0.389 e. The monoisotopic (exact) mass is 328 g/mol. The van der Waals surface area contributed by atoms with E-state index in [1.165, 1.54) is 0 Å². The van der Waals surface area contributed by atoms with Crippen molar-refractivity contribution in [3.63, 3.8) is 0 Å². The second-order valence-electron chi connectivity index (χ2n) is 4.02. The Morgan fingerprint density at radius 3 is 2.47 bits per heavy atom. The van der Waals surface area contributed by atoms with E-state index in [0.29, 0.717) is 10.4 Å². The lowest BCUT2D eigenvalue weighted by molar-refractivity contribution is -0.134. The molecule has 0 spiro atoms. The van der Waals surface area contributed by atoms with Crippen LogP contribution in [-0.4, -0.2) is 16.1 Å². The molecule has 1 heterocycles. The Balaban J connectivity index is 2.17. The Bertz CT molecular complexity index is 432. The predicted octanol–water partition coefficient (Wildman–Crippen LogP) is 4.26. The molecule has 0 aliphatic heterocycles. The third-order valence-electron chi connectivity index (χ3n) is 2.48. The first kappa shape index (κ1) is 13.1. The van der Waals surface area contributed by atoms with E-state index in [1.807, 2.05) is 0 Å². The molecule has 0 aromatic carbocycles. The minimum atomic E-state index is -4.19. The second-order valence-corrected chi connectivity index (χ2v) is 5.17. The number of halogens is 5. The van der Waals surface area contributed by atoms with Crippen LogP contribution in [0.4, 0.5) is 13.2 Å². The molecule has 1 fully saturated rings. The third-order valence-corrected chi connectivity index (χ3v) is 3.76. The number of alkyl halides is 3. The minimum Gasteiger partial charge on any atom is -0.236 e. The van der Waals surface area contributed by atoms with E-state index in [2.05, 4.69) is 25.9 Å². The summed E-state index contributed by atoms with van der Waals surface area (Å²) in [7, 11) is 0. The largest absolute Gasteiger partial charge is 0.389 e. The molecule has 0 saturated heterocycles. The summed E-state index contributed by atoms with van der Waals surface area (Å²) in [6.07, 6.45) is -3.33. The molecule has 0 unspecified atom stereocenters. The molecular weight excluding hydrogens is 320 g/mol. The SMILES string of the molecule is FC(F)(F)CCc1nc(Cl)c(Br)c(C2CC2)n1. The van der Waals surface area contributed by atoms with Gasteiger partial charge in [0.1, 0.15) is 11.0 Å². The molecule has 1 saturated carbocycles. The first-order chi connectivity index (χ1) is 7.87. The van der Waals surface area contributed by atoms with E-state index >= 15 is 0 Å². The van der Waals surface area contributed by atoms with Crippen molar-refractivity contribution in [2.45, 2.75) is 37.8 Å². The van der Waals surface area contributed by atoms with Gasteiger partial charge in [0, 0.05) is 12.3 Å². The Labute approximate surface area is 110 Å². The van der Waals surface area contributed by atoms with Crippen LogP contribution < -0.4 is 0 Å². The zero-order valence-corrected chi connectivity index (χ0v) is 11.0. The summed E-state index contributed by atoms with van der Waals surface area (Å²) in [4.78, 5) is 8.01. The molecule has 0 bridgehead atoms. The molecule has 0 radical (unpaired) electrons.